The monoisotopic (exact) mass is 416 g/mol. The molecule has 1 aliphatic heterocycles. The molecular formula is C21H19F3N4O2. The SMILES string of the molecule is O=C(c1nc(-c2ccccc2)n(-c2cccc(C(F)(F)F)c2)n1)N1CCCOCC1. The van der Waals surface area contributed by atoms with Crippen LogP contribution in [0.1, 0.15) is 22.6 Å². The summed E-state index contributed by atoms with van der Waals surface area (Å²) >= 11 is 0. The van der Waals surface area contributed by atoms with Crippen molar-refractivity contribution in [3.63, 3.8) is 0 Å². The first kappa shape index (κ1) is 20.1. The van der Waals surface area contributed by atoms with Crippen molar-refractivity contribution in [2.45, 2.75) is 12.6 Å². The van der Waals surface area contributed by atoms with Gasteiger partial charge in [-0.05, 0) is 24.6 Å². The minimum absolute atomic E-state index is 0.0619. The van der Waals surface area contributed by atoms with E-state index in [0.717, 1.165) is 12.1 Å². The number of carbonyl (C=O) groups excluding carboxylic acids is 1. The summed E-state index contributed by atoms with van der Waals surface area (Å²) in [6.45, 7) is 1.92. The number of halogens is 3. The maximum Gasteiger partial charge on any atom is 0.416 e. The molecular weight excluding hydrogens is 397 g/mol. The summed E-state index contributed by atoms with van der Waals surface area (Å²) in [5.41, 5.74) is 0.0159. The van der Waals surface area contributed by atoms with Crippen molar-refractivity contribution in [2.24, 2.45) is 0 Å². The maximum absolute atomic E-state index is 13.2. The summed E-state index contributed by atoms with van der Waals surface area (Å²) in [5.74, 6) is -0.138. The number of ether oxygens (including phenoxy) is 1. The van der Waals surface area contributed by atoms with E-state index in [4.69, 9.17) is 4.74 Å². The highest BCUT2D eigenvalue weighted by molar-refractivity contribution is 5.91. The van der Waals surface area contributed by atoms with Gasteiger partial charge in [0.15, 0.2) is 5.82 Å². The number of carbonyl (C=O) groups is 1. The summed E-state index contributed by atoms with van der Waals surface area (Å²) in [4.78, 5) is 19.0. The largest absolute Gasteiger partial charge is 0.416 e. The fourth-order valence-corrected chi connectivity index (χ4v) is 3.26. The van der Waals surface area contributed by atoms with Gasteiger partial charge in [-0.2, -0.15) is 13.2 Å². The van der Waals surface area contributed by atoms with E-state index in [9.17, 15) is 18.0 Å². The quantitative estimate of drug-likeness (QED) is 0.652. The van der Waals surface area contributed by atoms with E-state index in [1.807, 2.05) is 6.07 Å². The molecule has 1 aliphatic rings. The Kier molecular flexibility index (Phi) is 5.54. The Labute approximate surface area is 170 Å². The Hall–Kier alpha value is -3.20. The van der Waals surface area contributed by atoms with E-state index in [1.165, 1.54) is 16.8 Å². The van der Waals surface area contributed by atoms with Gasteiger partial charge >= 0.3 is 6.18 Å². The van der Waals surface area contributed by atoms with E-state index in [1.54, 1.807) is 29.2 Å². The first-order valence-corrected chi connectivity index (χ1v) is 9.50. The van der Waals surface area contributed by atoms with E-state index in [0.29, 0.717) is 44.1 Å². The molecule has 0 bridgehead atoms. The van der Waals surface area contributed by atoms with E-state index in [-0.39, 0.29) is 17.4 Å². The van der Waals surface area contributed by atoms with Crippen LogP contribution in [0.4, 0.5) is 13.2 Å². The molecule has 9 heteroatoms. The van der Waals surface area contributed by atoms with Crippen molar-refractivity contribution in [2.75, 3.05) is 26.3 Å². The second-order valence-electron chi connectivity index (χ2n) is 6.84. The number of hydrogen-bond donors (Lipinski definition) is 0. The predicted octanol–water partition coefficient (Wildman–Crippen LogP) is 3.82. The number of benzene rings is 2. The van der Waals surface area contributed by atoms with Crippen LogP contribution < -0.4 is 0 Å². The normalized spacial score (nSPS) is 15.1. The molecule has 2 heterocycles. The highest BCUT2D eigenvalue weighted by atomic mass is 19.4. The Morgan fingerprint density at radius 3 is 2.57 bits per heavy atom. The predicted molar refractivity (Wildman–Crippen MR) is 103 cm³/mol. The summed E-state index contributed by atoms with van der Waals surface area (Å²) in [6, 6.07) is 13.7. The first-order valence-electron chi connectivity index (χ1n) is 9.50. The van der Waals surface area contributed by atoms with Crippen molar-refractivity contribution in [3.05, 3.63) is 66.0 Å². The molecule has 1 amide bonds. The molecule has 0 spiro atoms. The fraction of sp³-hybridized carbons (Fsp3) is 0.286. The Morgan fingerprint density at radius 2 is 1.80 bits per heavy atom. The molecule has 4 rings (SSSR count). The van der Waals surface area contributed by atoms with Crippen LogP contribution in [0.25, 0.3) is 17.1 Å². The molecule has 0 N–H and O–H groups in total. The van der Waals surface area contributed by atoms with Crippen molar-refractivity contribution >= 4 is 5.91 Å². The lowest BCUT2D eigenvalue weighted by molar-refractivity contribution is -0.137. The van der Waals surface area contributed by atoms with Crippen LogP contribution in [-0.4, -0.2) is 51.9 Å². The van der Waals surface area contributed by atoms with E-state index in [2.05, 4.69) is 10.1 Å². The minimum Gasteiger partial charge on any atom is -0.380 e. The Morgan fingerprint density at radius 1 is 1.00 bits per heavy atom. The van der Waals surface area contributed by atoms with Crippen molar-refractivity contribution in [1.82, 2.24) is 19.7 Å². The molecule has 0 atom stereocenters. The van der Waals surface area contributed by atoms with Crippen LogP contribution in [0.5, 0.6) is 0 Å². The zero-order valence-corrected chi connectivity index (χ0v) is 16.0. The number of hydrogen-bond acceptors (Lipinski definition) is 4. The minimum atomic E-state index is -4.49. The molecule has 1 fully saturated rings. The van der Waals surface area contributed by atoms with Gasteiger partial charge in [-0.25, -0.2) is 9.67 Å². The third-order valence-corrected chi connectivity index (χ3v) is 4.76. The molecule has 0 saturated carbocycles. The molecule has 1 aromatic heterocycles. The van der Waals surface area contributed by atoms with E-state index >= 15 is 0 Å². The van der Waals surface area contributed by atoms with Gasteiger partial charge in [-0.1, -0.05) is 36.4 Å². The topological polar surface area (TPSA) is 60.2 Å². The summed E-state index contributed by atoms with van der Waals surface area (Å²) in [5, 5.41) is 4.29. The average molecular weight is 416 g/mol. The number of rotatable bonds is 3. The number of nitrogens with zero attached hydrogens (tertiary/aromatic N) is 4. The molecule has 3 aromatic rings. The third-order valence-electron chi connectivity index (χ3n) is 4.76. The van der Waals surface area contributed by atoms with Gasteiger partial charge < -0.3 is 9.64 Å². The molecule has 30 heavy (non-hydrogen) atoms. The molecule has 0 aliphatic carbocycles. The molecule has 0 radical (unpaired) electrons. The second kappa shape index (κ2) is 8.27. The lowest BCUT2D eigenvalue weighted by Gasteiger charge is -2.17. The van der Waals surface area contributed by atoms with Gasteiger partial charge in [0.25, 0.3) is 5.91 Å². The highest BCUT2D eigenvalue weighted by Crippen LogP contribution is 2.31. The summed E-state index contributed by atoms with van der Waals surface area (Å²) < 4.78 is 46.3. The van der Waals surface area contributed by atoms with Crippen molar-refractivity contribution < 1.29 is 22.7 Å². The van der Waals surface area contributed by atoms with Crippen LogP contribution >= 0.6 is 0 Å². The lowest BCUT2D eigenvalue weighted by atomic mass is 10.2. The molecule has 1 saturated heterocycles. The van der Waals surface area contributed by atoms with Crippen LogP contribution in [-0.2, 0) is 10.9 Å². The van der Waals surface area contributed by atoms with Gasteiger partial charge in [0, 0.05) is 25.3 Å². The molecule has 6 nitrogen and oxygen atoms in total. The molecule has 156 valence electrons. The summed E-state index contributed by atoms with van der Waals surface area (Å²) in [7, 11) is 0. The Bertz CT molecular complexity index is 1030. The number of alkyl halides is 3. The van der Waals surface area contributed by atoms with Gasteiger partial charge in [0.2, 0.25) is 5.82 Å². The van der Waals surface area contributed by atoms with Gasteiger partial charge in [-0.15, -0.1) is 5.10 Å². The van der Waals surface area contributed by atoms with Gasteiger partial charge in [0.1, 0.15) is 0 Å². The van der Waals surface area contributed by atoms with Crippen LogP contribution in [0, 0.1) is 0 Å². The number of amides is 1. The zero-order chi connectivity index (χ0) is 21.1. The number of aromatic nitrogens is 3. The van der Waals surface area contributed by atoms with Gasteiger partial charge in [0.05, 0.1) is 17.9 Å². The highest BCUT2D eigenvalue weighted by Gasteiger charge is 2.31. The average Bonchev–Trinajstić information content (AvgIpc) is 3.01. The molecule has 2 aromatic carbocycles. The van der Waals surface area contributed by atoms with Crippen molar-refractivity contribution in [3.8, 4) is 17.1 Å². The maximum atomic E-state index is 13.2. The Balaban J connectivity index is 1.78. The standard InChI is InChI=1S/C21H19F3N4O2/c22-21(23,24)16-8-4-9-17(14-16)28-19(15-6-2-1-3-7-15)25-18(26-28)20(29)27-10-5-12-30-13-11-27/h1-4,6-9,14H,5,10-13H2. The lowest BCUT2D eigenvalue weighted by Crippen LogP contribution is -2.34. The zero-order valence-electron chi connectivity index (χ0n) is 16.0. The smallest absolute Gasteiger partial charge is 0.380 e. The van der Waals surface area contributed by atoms with Crippen LogP contribution in [0.15, 0.2) is 54.6 Å². The third kappa shape index (κ3) is 4.20. The first-order chi connectivity index (χ1) is 14.4. The van der Waals surface area contributed by atoms with Crippen LogP contribution in [0.2, 0.25) is 0 Å². The van der Waals surface area contributed by atoms with Crippen molar-refractivity contribution in [1.29, 1.82) is 0 Å². The fourth-order valence-electron chi connectivity index (χ4n) is 3.26. The van der Waals surface area contributed by atoms with E-state index < -0.39 is 11.7 Å². The summed E-state index contributed by atoms with van der Waals surface area (Å²) in [6.07, 6.45) is -3.79. The second-order valence-corrected chi connectivity index (χ2v) is 6.84. The molecule has 0 unspecified atom stereocenters. The van der Waals surface area contributed by atoms with Gasteiger partial charge in [-0.3, -0.25) is 4.79 Å². The van der Waals surface area contributed by atoms with Crippen LogP contribution in [0.3, 0.4) is 0 Å².